The first kappa shape index (κ1) is 22.5. The smallest absolute Gasteiger partial charge is 0.263 e. The van der Waals surface area contributed by atoms with Crippen molar-refractivity contribution in [3.63, 3.8) is 0 Å². The second-order valence-corrected chi connectivity index (χ2v) is 7.26. The summed E-state index contributed by atoms with van der Waals surface area (Å²) in [5, 5.41) is 12.6. The summed E-state index contributed by atoms with van der Waals surface area (Å²) in [5.41, 5.74) is 1.23. The van der Waals surface area contributed by atoms with E-state index in [0.29, 0.717) is 44.9 Å². The zero-order valence-electron chi connectivity index (χ0n) is 16.5. The summed E-state index contributed by atoms with van der Waals surface area (Å²) in [7, 11) is 0. The van der Waals surface area contributed by atoms with Crippen LogP contribution >= 0.6 is 12.4 Å². The fraction of sp³-hybridized carbons (Fsp3) is 0.600. The van der Waals surface area contributed by atoms with Crippen LogP contribution in [-0.2, 0) is 16.0 Å². The molecule has 0 saturated carbocycles. The van der Waals surface area contributed by atoms with E-state index in [2.05, 4.69) is 12.2 Å². The fourth-order valence-corrected chi connectivity index (χ4v) is 3.59. The van der Waals surface area contributed by atoms with Gasteiger partial charge in [0.05, 0.1) is 12.1 Å². The third-order valence-corrected chi connectivity index (χ3v) is 5.30. The van der Waals surface area contributed by atoms with Gasteiger partial charge in [-0.1, -0.05) is 19.1 Å². The first-order valence-corrected chi connectivity index (χ1v) is 9.72. The van der Waals surface area contributed by atoms with Gasteiger partial charge in [0.15, 0.2) is 6.10 Å². The minimum Gasteiger partial charge on any atom is -0.481 e. The minimum atomic E-state index is -0.564. The Hall–Kier alpha value is -1.83. The maximum Gasteiger partial charge on any atom is 0.263 e. The molecule has 0 spiro atoms. The quantitative estimate of drug-likeness (QED) is 0.750. The lowest BCUT2D eigenvalue weighted by molar-refractivity contribution is -0.144. The van der Waals surface area contributed by atoms with E-state index < -0.39 is 12.2 Å². The van der Waals surface area contributed by atoms with Gasteiger partial charge in [-0.05, 0) is 37.5 Å². The van der Waals surface area contributed by atoms with Crippen LogP contribution in [0.25, 0.3) is 0 Å². The number of nitrogens with one attached hydrogen (secondary N) is 1. The lowest BCUT2D eigenvalue weighted by Crippen LogP contribution is -2.55. The topological polar surface area (TPSA) is 82.1 Å². The molecule has 2 aliphatic rings. The van der Waals surface area contributed by atoms with Gasteiger partial charge in [-0.25, -0.2) is 0 Å². The Bertz CT molecular complexity index is 662. The van der Waals surface area contributed by atoms with Crippen LogP contribution in [0, 0.1) is 0 Å². The number of carbonyl (C=O) groups is 2. The Morgan fingerprint density at radius 2 is 1.79 bits per heavy atom. The van der Waals surface area contributed by atoms with Gasteiger partial charge in [-0.15, -0.1) is 12.4 Å². The predicted molar refractivity (Wildman–Crippen MR) is 109 cm³/mol. The fourth-order valence-electron chi connectivity index (χ4n) is 3.59. The molecule has 28 heavy (non-hydrogen) atoms. The highest BCUT2D eigenvalue weighted by Gasteiger charge is 2.34. The summed E-state index contributed by atoms with van der Waals surface area (Å²) in [6, 6.07) is 7.48. The molecule has 3 atom stereocenters. The van der Waals surface area contributed by atoms with Gasteiger partial charge >= 0.3 is 0 Å². The average molecular weight is 412 g/mol. The number of hydrogen-bond acceptors (Lipinski definition) is 5. The van der Waals surface area contributed by atoms with E-state index in [4.69, 9.17) is 4.74 Å². The van der Waals surface area contributed by atoms with Crippen LogP contribution in [0.2, 0.25) is 0 Å². The van der Waals surface area contributed by atoms with Crippen molar-refractivity contribution in [3.8, 4) is 5.75 Å². The molecule has 1 aromatic carbocycles. The number of β-amino-alcohol motifs (C(OH)–C–C–N with tert-alkyl or cyclic N) is 1. The van der Waals surface area contributed by atoms with E-state index >= 15 is 0 Å². The third-order valence-electron chi connectivity index (χ3n) is 5.30. The van der Waals surface area contributed by atoms with E-state index in [1.165, 1.54) is 5.56 Å². The zero-order valence-corrected chi connectivity index (χ0v) is 17.3. The number of carbonyl (C=O) groups excluding carboxylic acids is 2. The summed E-state index contributed by atoms with van der Waals surface area (Å²) < 4.78 is 5.79. The minimum absolute atomic E-state index is 0. The standard InChI is InChI=1S/C20H29N3O4.ClH/c1-3-15-4-6-17(7-5-15)27-14(2)19(25)22-8-10-23(11-9-22)20(26)18-12-16(24)13-21-18;/h4-7,14,16,18,21,24H,3,8-13H2,1-2H3;1H. The largest absolute Gasteiger partial charge is 0.481 e. The maximum atomic E-state index is 12.7. The normalized spacial score (nSPS) is 23.1. The number of ether oxygens (including phenoxy) is 1. The van der Waals surface area contributed by atoms with Gasteiger partial charge < -0.3 is 25.0 Å². The zero-order chi connectivity index (χ0) is 19.4. The molecule has 0 aliphatic carbocycles. The van der Waals surface area contributed by atoms with Crippen molar-refractivity contribution >= 4 is 24.2 Å². The Labute approximate surface area is 172 Å². The number of hydrogen-bond donors (Lipinski definition) is 2. The highest BCUT2D eigenvalue weighted by Crippen LogP contribution is 2.16. The van der Waals surface area contributed by atoms with Crippen molar-refractivity contribution in [1.29, 1.82) is 0 Å². The van der Waals surface area contributed by atoms with Gasteiger partial charge in [-0.2, -0.15) is 0 Å². The Morgan fingerprint density at radius 1 is 1.18 bits per heavy atom. The second-order valence-electron chi connectivity index (χ2n) is 7.26. The van der Waals surface area contributed by atoms with Crippen LogP contribution in [0.4, 0.5) is 0 Å². The van der Waals surface area contributed by atoms with E-state index in [1.807, 2.05) is 24.3 Å². The Morgan fingerprint density at radius 3 is 2.32 bits per heavy atom. The number of benzene rings is 1. The lowest BCUT2D eigenvalue weighted by atomic mass is 10.1. The molecular formula is C20H30ClN3O4. The lowest BCUT2D eigenvalue weighted by Gasteiger charge is -2.36. The summed E-state index contributed by atoms with van der Waals surface area (Å²) in [6.07, 6.45) is 0.407. The van der Waals surface area contributed by atoms with Crippen LogP contribution in [0.3, 0.4) is 0 Å². The number of piperazine rings is 1. The van der Waals surface area contributed by atoms with Crippen LogP contribution in [-0.4, -0.2) is 77.7 Å². The predicted octanol–water partition coefficient (Wildman–Crippen LogP) is 0.832. The highest BCUT2D eigenvalue weighted by molar-refractivity contribution is 5.85. The van der Waals surface area contributed by atoms with Gasteiger partial charge in [0.2, 0.25) is 5.91 Å². The summed E-state index contributed by atoms with van der Waals surface area (Å²) in [6.45, 7) is 6.34. The molecule has 0 radical (unpaired) electrons. The van der Waals surface area contributed by atoms with Crippen molar-refractivity contribution in [2.45, 2.75) is 44.9 Å². The number of amides is 2. The SMILES string of the molecule is CCc1ccc(OC(C)C(=O)N2CCN(C(=O)C3CC(O)CN3)CC2)cc1.Cl. The molecule has 3 rings (SSSR count). The molecule has 1 aromatic rings. The Kier molecular flexibility index (Phi) is 8.10. The average Bonchev–Trinajstić information content (AvgIpc) is 3.14. The molecule has 7 nitrogen and oxygen atoms in total. The van der Waals surface area contributed by atoms with Crippen molar-refractivity contribution in [2.75, 3.05) is 32.7 Å². The first-order chi connectivity index (χ1) is 13.0. The molecule has 2 aliphatic heterocycles. The maximum absolute atomic E-state index is 12.7. The third kappa shape index (κ3) is 5.37. The van der Waals surface area contributed by atoms with Crippen LogP contribution in [0.5, 0.6) is 5.75 Å². The van der Waals surface area contributed by atoms with E-state index in [9.17, 15) is 14.7 Å². The number of aryl methyl sites for hydroxylation is 1. The first-order valence-electron chi connectivity index (χ1n) is 9.72. The van der Waals surface area contributed by atoms with Crippen LogP contribution in [0.1, 0.15) is 25.8 Å². The van der Waals surface area contributed by atoms with Gasteiger partial charge in [0.1, 0.15) is 5.75 Å². The number of halogens is 1. The highest BCUT2D eigenvalue weighted by atomic mass is 35.5. The van der Waals surface area contributed by atoms with Gasteiger partial charge in [0, 0.05) is 32.7 Å². The van der Waals surface area contributed by atoms with Gasteiger partial charge in [0.25, 0.3) is 5.91 Å². The number of aliphatic hydroxyl groups is 1. The molecular weight excluding hydrogens is 382 g/mol. The van der Waals surface area contributed by atoms with Crippen molar-refractivity contribution < 1.29 is 19.4 Å². The molecule has 2 N–H and O–H groups in total. The van der Waals surface area contributed by atoms with Crippen molar-refractivity contribution in [2.24, 2.45) is 0 Å². The molecule has 2 heterocycles. The van der Waals surface area contributed by atoms with Crippen molar-refractivity contribution in [3.05, 3.63) is 29.8 Å². The molecule has 8 heteroatoms. The van der Waals surface area contributed by atoms with Crippen LogP contribution < -0.4 is 10.1 Å². The number of nitrogens with zero attached hydrogens (tertiary/aromatic N) is 2. The molecule has 0 bridgehead atoms. The van der Waals surface area contributed by atoms with Crippen molar-refractivity contribution in [1.82, 2.24) is 15.1 Å². The molecule has 2 amide bonds. The van der Waals surface area contributed by atoms with E-state index in [-0.39, 0.29) is 30.3 Å². The number of rotatable bonds is 5. The molecule has 0 aromatic heterocycles. The molecule has 2 saturated heterocycles. The van der Waals surface area contributed by atoms with E-state index in [0.717, 1.165) is 6.42 Å². The molecule has 3 unspecified atom stereocenters. The molecule has 2 fully saturated rings. The molecule has 156 valence electrons. The van der Waals surface area contributed by atoms with E-state index in [1.54, 1.807) is 16.7 Å². The monoisotopic (exact) mass is 411 g/mol. The van der Waals surface area contributed by atoms with Gasteiger partial charge in [-0.3, -0.25) is 9.59 Å². The number of aliphatic hydroxyl groups excluding tert-OH is 1. The summed E-state index contributed by atoms with van der Waals surface area (Å²) >= 11 is 0. The second kappa shape index (κ2) is 10.1. The summed E-state index contributed by atoms with van der Waals surface area (Å²) in [4.78, 5) is 28.7. The Balaban J connectivity index is 0.00000280. The summed E-state index contributed by atoms with van der Waals surface area (Å²) in [5.74, 6) is 0.641. The van der Waals surface area contributed by atoms with Crippen LogP contribution in [0.15, 0.2) is 24.3 Å².